The first-order chi connectivity index (χ1) is 6.72. The predicted molar refractivity (Wildman–Crippen MR) is 59.8 cm³/mol. The molecular formula is C12H19NO. The zero-order chi connectivity index (χ0) is 10.6. The quantitative estimate of drug-likeness (QED) is 0.793. The molecule has 0 bridgehead atoms. The lowest BCUT2D eigenvalue weighted by molar-refractivity contribution is 0.403. The minimum atomic E-state index is 0.330. The molecule has 0 fully saturated rings. The maximum absolute atomic E-state index is 5.33. The van der Waals surface area contributed by atoms with Crippen LogP contribution in [-0.4, -0.2) is 14.2 Å². The molecule has 0 aliphatic rings. The molecule has 1 atom stereocenters. The van der Waals surface area contributed by atoms with E-state index in [0.717, 1.165) is 12.2 Å². The number of methoxy groups -OCH3 is 1. The summed E-state index contributed by atoms with van der Waals surface area (Å²) in [6, 6.07) is 6.70. The molecule has 2 heteroatoms. The average molecular weight is 193 g/mol. The number of benzene rings is 1. The standard InChI is InChI=1S/C12H19NO/c1-5-10-6-7-12(14-4)11(8-10)9(2)13-3/h6-9,13H,5H2,1-4H3. The first-order valence-corrected chi connectivity index (χ1v) is 5.07. The van der Waals surface area contributed by atoms with Crippen LogP contribution in [0.2, 0.25) is 0 Å². The summed E-state index contributed by atoms with van der Waals surface area (Å²) < 4.78 is 5.33. The molecular weight excluding hydrogens is 174 g/mol. The average Bonchev–Trinajstić information content (AvgIpc) is 2.27. The summed E-state index contributed by atoms with van der Waals surface area (Å²) in [4.78, 5) is 0. The third-order valence-corrected chi connectivity index (χ3v) is 2.60. The van der Waals surface area contributed by atoms with Gasteiger partial charge in [0.25, 0.3) is 0 Å². The van der Waals surface area contributed by atoms with Gasteiger partial charge < -0.3 is 10.1 Å². The van der Waals surface area contributed by atoms with E-state index in [-0.39, 0.29) is 0 Å². The summed E-state index contributed by atoms with van der Waals surface area (Å²) in [7, 11) is 3.68. The van der Waals surface area contributed by atoms with E-state index in [9.17, 15) is 0 Å². The van der Waals surface area contributed by atoms with Gasteiger partial charge >= 0.3 is 0 Å². The monoisotopic (exact) mass is 193 g/mol. The van der Waals surface area contributed by atoms with Crippen LogP contribution in [0.4, 0.5) is 0 Å². The number of rotatable bonds is 4. The molecule has 0 spiro atoms. The Kier molecular flexibility index (Phi) is 3.96. The summed E-state index contributed by atoms with van der Waals surface area (Å²) >= 11 is 0. The lowest BCUT2D eigenvalue weighted by atomic mass is 10.0. The number of ether oxygens (including phenoxy) is 1. The molecule has 1 rings (SSSR count). The molecule has 0 saturated heterocycles. The Morgan fingerprint density at radius 1 is 1.43 bits per heavy atom. The molecule has 0 radical (unpaired) electrons. The van der Waals surface area contributed by atoms with Crippen LogP contribution in [-0.2, 0) is 6.42 Å². The van der Waals surface area contributed by atoms with Gasteiger partial charge in [-0.15, -0.1) is 0 Å². The molecule has 0 amide bonds. The molecule has 0 aliphatic carbocycles. The van der Waals surface area contributed by atoms with Crippen molar-refractivity contribution in [2.45, 2.75) is 26.3 Å². The lowest BCUT2D eigenvalue weighted by Gasteiger charge is -2.15. The van der Waals surface area contributed by atoms with Crippen LogP contribution < -0.4 is 10.1 Å². The zero-order valence-electron chi connectivity index (χ0n) is 9.42. The van der Waals surface area contributed by atoms with Gasteiger partial charge in [-0.3, -0.25) is 0 Å². The maximum Gasteiger partial charge on any atom is 0.123 e. The van der Waals surface area contributed by atoms with Crippen LogP contribution in [0, 0.1) is 0 Å². The summed E-state index contributed by atoms with van der Waals surface area (Å²) in [5, 5.41) is 3.23. The van der Waals surface area contributed by atoms with Gasteiger partial charge in [0.15, 0.2) is 0 Å². The molecule has 2 nitrogen and oxygen atoms in total. The van der Waals surface area contributed by atoms with Crippen LogP contribution >= 0.6 is 0 Å². The molecule has 0 aromatic heterocycles. The Hall–Kier alpha value is -1.02. The summed E-state index contributed by atoms with van der Waals surface area (Å²) in [5.74, 6) is 0.962. The fourth-order valence-corrected chi connectivity index (χ4v) is 1.50. The minimum absolute atomic E-state index is 0.330. The maximum atomic E-state index is 5.33. The Bertz CT molecular complexity index is 296. The van der Waals surface area contributed by atoms with Crippen LogP contribution in [0.25, 0.3) is 0 Å². The highest BCUT2D eigenvalue weighted by molar-refractivity contribution is 5.39. The Morgan fingerprint density at radius 2 is 2.14 bits per heavy atom. The van der Waals surface area contributed by atoms with Gasteiger partial charge in [-0.05, 0) is 32.0 Å². The number of nitrogens with one attached hydrogen (secondary N) is 1. The van der Waals surface area contributed by atoms with Gasteiger partial charge in [-0.25, -0.2) is 0 Å². The van der Waals surface area contributed by atoms with Gasteiger partial charge in [-0.2, -0.15) is 0 Å². The van der Waals surface area contributed by atoms with E-state index in [1.165, 1.54) is 11.1 Å². The molecule has 0 heterocycles. The van der Waals surface area contributed by atoms with Crippen molar-refractivity contribution in [3.63, 3.8) is 0 Å². The fourth-order valence-electron chi connectivity index (χ4n) is 1.50. The van der Waals surface area contributed by atoms with E-state index in [2.05, 4.69) is 31.3 Å². The van der Waals surface area contributed by atoms with Crippen molar-refractivity contribution < 1.29 is 4.74 Å². The van der Waals surface area contributed by atoms with Crippen LogP contribution in [0.1, 0.15) is 31.0 Å². The Labute approximate surface area is 86.3 Å². The van der Waals surface area contributed by atoms with Crippen molar-refractivity contribution >= 4 is 0 Å². The van der Waals surface area contributed by atoms with E-state index in [1.807, 2.05) is 13.1 Å². The summed E-state index contributed by atoms with van der Waals surface area (Å²) in [6.45, 7) is 4.30. The second-order valence-corrected chi connectivity index (χ2v) is 3.44. The predicted octanol–water partition coefficient (Wildman–Crippen LogP) is 2.54. The SMILES string of the molecule is CCc1ccc(OC)c(C(C)NC)c1. The molecule has 78 valence electrons. The van der Waals surface area contributed by atoms with Crippen molar-refractivity contribution in [2.24, 2.45) is 0 Å². The van der Waals surface area contributed by atoms with Crippen molar-refractivity contribution in [1.82, 2.24) is 5.32 Å². The van der Waals surface area contributed by atoms with Crippen molar-refractivity contribution in [2.75, 3.05) is 14.2 Å². The molecule has 1 unspecified atom stereocenters. The van der Waals surface area contributed by atoms with E-state index < -0.39 is 0 Å². The zero-order valence-corrected chi connectivity index (χ0v) is 9.42. The van der Waals surface area contributed by atoms with E-state index in [0.29, 0.717) is 6.04 Å². The highest BCUT2D eigenvalue weighted by Crippen LogP contribution is 2.25. The number of hydrogen-bond donors (Lipinski definition) is 1. The van der Waals surface area contributed by atoms with Crippen molar-refractivity contribution in [1.29, 1.82) is 0 Å². The van der Waals surface area contributed by atoms with E-state index >= 15 is 0 Å². The highest BCUT2D eigenvalue weighted by atomic mass is 16.5. The molecule has 14 heavy (non-hydrogen) atoms. The smallest absolute Gasteiger partial charge is 0.123 e. The summed E-state index contributed by atoms with van der Waals surface area (Å²) in [6.07, 6.45) is 1.06. The topological polar surface area (TPSA) is 21.3 Å². The van der Waals surface area contributed by atoms with Crippen LogP contribution in [0.5, 0.6) is 5.75 Å². The lowest BCUT2D eigenvalue weighted by Crippen LogP contribution is -2.13. The Balaban J connectivity index is 3.08. The normalized spacial score (nSPS) is 12.6. The highest BCUT2D eigenvalue weighted by Gasteiger charge is 2.09. The minimum Gasteiger partial charge on any atom is -0.496 e. The molecule has 0 saturated carbocycles. The molecule has 1 N–H and O–H groups in total. The van der Waals surface area contributed by atoms with E-state index in [1.54, 1.807) is 7.11 Å². The molecule has 0 aliphatic heterocycles. The molecule has 1 aromatic carbocycles. The van der Waals surface area contributed by atoms with Crippen molar-refractivity contribution in [3.8, 4) is 5.75 Å². The van der Waals surface area contributed by atoms with Gasteiger partial charge in [0, 0.05) is 11.6 Å². The Morgan fingerprint density at radius 3 is 2.64 bits per heavy atom. The van der Waals surface area contributed by atoms with E-state index in [4.69, 9.17) is 4.74 Å². The van der Waals surface area contributed by atoms with Gasteiger partial charge in [-0.1, -0.05) is 19.1 Å². The molecule has 1 aromatic rings. The van der Waals surface area contributed by atoms with Crippen molar-refractivity contribution in [3.05, 3.63) is 29.3 Å². The third-order valence-electron chi connectivity index (χ3n) is 2.60. The van der Waals surface area contributed by atoms with Crippen LogP contribution in [0.15, 0.2) is 18.2 Å². The second-order valence-electron chi connectivity index (χ2n) is 3.44. The first-order valence-electron chi connectivity index (χ1n) is 5.07. The second kappa shape index (κ2) is 5.01. The van der Waals surface area contributed by atoms with Gasteiger partial charge in [0.1, 0.15) is 5.75 Å². The third kappa shape index (κ3) is 2.26. The van der Waals surface area contributed by atoms with Crippen LogP contribution in [0.3, 0.4) is 0 Å². The van der Waals surface area contributed by atoms with Gasteiger partial charge in [0.2, 0.25) is 0 Å². The summed E-state index contributed by atoms with van der Waals surface area (Å²) in [5.41, 5.74) is 2.58. The number of hydrogen-bond acceptors (Lipinski definition) is 2. The number of aryl methyl sites for hydroxylation is 1. The largest absolute Gasteiger partial charge is 0.496 e. The fraction of sp³-hybridized carbons (Fsp3) is 0.500. The van der Waals surface area contributed by atoms with Gasteiger partial charge in [0.05, 0.1) is 7.11 Å². The first kappa shape index (κ1) is 11.1.